The SMILES string of the molecule is Nc1cccc(C(=O)NC2CCCCCCCCCCC2)c1. The number of carbonyl (C=O) groups excluding carboxylic acids is 1. The summed E-state index contributed by atoms with van der Waals surface area (Å²) in [5.41, 5.74) is 7.08. The summed E-state index contributed by atoms with van der Waals surface area (Å²) in [4.78, 5) is 12.4. The molecule has 3 nitrogen and oxygen atoms in total. The molecule has 0 radical (unpaired) electrons. The predicted molar refractivity (Wildman–Crippen MR) is 92.9 cm³/mol. The third kappa shape index (κ3) is 6.08. The van der Waals surface area contributed by atoms with Crippen molar-refractivity contribution in [2.24, 2.45) is 0 Å². The highest BCUT2D eigenvalue weighted by Gasteiger charge is 2.14. The van der Waals surface area contributed by atoms with Crippen LogP contribution in [0.1, 0.15) is 81.0 Å². The molecule has 3 heteroatoms. The molecule has 1 amide bonds. The molecule has 1 fully saturated rings. The van der Waals surface area contributed by atoms with Crippen molar-refractivity contribution in [3.63, 3.8) is 0 Å². The number of amides is 1. The Balaban J connectivity index is 1.87. The third-order valence-electron chi connectivity index (χ3n) is 4.59. The monoisotopic (exact) mass is 302 g/mol. The number of nitrogen functional groups attached to an aromatic ring is 1. The first-order chi connectivity index (χ1) is 10.8. The molecule has 22 heavy (non-hydrogen) atoms. The second-order valence-electron chi connectivity index (χ2n) is 6.56. The van der Waals surface area contributed by atoms with Crippen LogP contribution in [0.4, 0.5) is 5.69 Å². The van der Waals surface area contributed by atoms with Crippen LogP contribution in [0.5, 0.6) is 0 Å². The topological polar surface area (TPSA) is 55.1 Å². The average Bonchev–Trinajstić information content (AvgIpc) is 2.50. The summed E-state index contributed by atoms with van der Waals surface area (Å²) in [6.45, 7) is 0. The molecule has 0 spiro atoms. The largest absolute Gasteiger partial charge is 0.399 e. The maximum absolute atomic E-state index is 12.4. The highest BCUT2D eigenvalue weighted by Crippen LogP contribution is 2.17. The second kappa shape index (κ2) is 9.50. The highest BCUT2D eigenvalue weighted by atomic mass is 16.1. The number of benzene rings is 1. The van der Waals surface area contributed by atoms with Crippen molar-refractivity contribution in [2.75, 3.05) is 5.73 Å². The van der Waals surface area contributed by atoms with Gasteiger partial charge in [0.2, 0.25) is 0 Å². The van der Waals surface area contributed by atoms with E-state index in [4.69, 9.17) is 5.73 Å². The van der Waals surface area contributed by atoms with Gasteiger partial charge in [0.25, 0.3) is 5.91 Å². The Morgan fingerprint density at radius 1 is 0.909 bits per heavy atom. The van der Waals surface area contributed by atoms with Crippen LogP contribution in [0, 0.1) is 0 Å². The van der Waals surface area contributed by atoms with E-state index >= 15 is 0 Å². The van der Waals surface area contributed by atoms with Crippen LogP contribution in [-0.2, 0) is 0 Å². The Morgan fingerprint density at radius 2 is 1.45 bits per heavy atom. The van der Waals surface area contributed by atoms with Crippen LogP contribution >= 0.6 is 0 Å². The van der Waals surface area contributed by atoms with Crippen LogP contribution < -0.4 is 11.1 Å². The number of hydrogen-bond donors (Lipinski definition) is 2. The van der Waals surface area contributed by atoms with E-state index in [2.05, 4.69) is 5.32 Å². The summed E-state index contributed by atoms with van der Waals surface area (Å²) in [6, 6.07) is 7.55. The summed E-state index contributed by atoms with van der Waals surface area (Å²) in [5, 5.41) is 3.22. The van der Waals surface area contributed by atoms with E-state index in [0.717, 1.165) is 12.8 Å². The van der Waals surface area contributed by atoms with Gasteiger partial charge in [0.05, 0.1) is 0 Å². The molecule has 0 saturated heterocycles. The van der Waals surface area contributed by atoms with E-state index in [0.29, 0.717) is 17.3 Å². The molecule has 122 valence electrons. The summed E-state index contributed by atoms with van der Waals surface area (Å²) >= 11 is 0. The normalized spacial score (nSPS) is 18.9. The van der Waals surface area contributed by atoms with Gasteiger partial charge in [-0.3, -0.25) is 4.79 Å². The van der Waals surface area contributed by atoms with E-state index in [9.17, 15) is 4.79 Å². The summed E-state index contributed by atoms with van der Waals surface area (Å²) in [5.74, 6) is 0.0180. The van der Waals surface area contributed by atoms with E-state index in [-0.39, 0.29) is 5.91 Å². The molecule has 0 atom stereocenters. The fraction of sp³-hybridized carbons (Fsp3) is 0.632. The van der Waals surface area contributed by atoms with Gasteiger partial charge in [-0.2, -0.15) is 0 Å². The van der Waals surface area contributed by atoms with Crippen molar-refractivity contribution in [3.8, 4) is 0 Å². The lowest BCUT2D eigenvalue weighted by Gasteiger charge is -2.19. The zero-order valence-corrected chi connectivity index (χ0v) is 13.7. The quantitative estimate of drug-likeness (QED) is 0.780. The van der Waals surface area contributed by atoms with Gasteiger partial charge in [0.15, 0.2) is 0 Å². The summed E-state index contributed by atoms with van der Waals surface area (Å²) in [6.07, 6.45) is 14.1. The zero-order valence-electron chi connectivity index (χ0n) is 13.7. The van der Waals surface area contributed by atoms with E-state index in [1.54, 1.807) is 6.07 Å². The fourth-order valence-corrected chi connectivity index (χ4v) is 3.26. The van der Waals surface area contributed by atoms with Crippen molar-refractivity contribution in [3.05, 3.63) is 29.8 Å². The Morgan fingerprint density at radius 3 is 2.00 bits per heavy atom. The molecule has 1 aliphatic rings. The fourth-order valence-electron chi connectivity index (χ4n) is 3.26. The van der Waals surface area contributed by atoms with Crippen LogP contribution in [-0.4, -0.2) is 11.9 Å². The maximum atomic E-state index is 12.4. The number of anilines is 1. The number of nitrogens with two attached hydrogens (primary N) is 1. The first-order valence-corrected chi connectivity index (χ1v) is 8.92. The van der Waals surface area contributed by atoms with E-state index in [1.165, 1.54) is 57.8 Å². The molecule has 0 aromatic heterocycles. The second-order valence-corrected chi connectivity index (χ2v) is 6.56. The van der Waals surface area contributed by atoms with Crippen LogP contribution in [0.25, 0.3) is 0 Å². The van der Waals surface area contributed by atoms with E-state index in [1.807, 2.05) is 18.2 Å². The minimum absolute atomic E-state index is 0.0180. The van der Waals surface area contributed by atoms with E-state index < -0.39 is 0 Å². The molecule has 1 aromatic rings. The van der Waals surface area contributed by atoms with Crippen molar-refractivity contribution >= 4 is 11.6 Å². The van der Waals surface area contributed by atoms with Gasteiger partial charge in [0.1, 0.15) is 0 Å². The van der Waals surface area contributed by atoms with Crippen LogP contribution in [0.15, 0.2) is 24.3 Å². The summed E-state index contributed by atoms with van der Waals surface area (Å²) in [7, 11) is 0. The van der Waals surface area contributed by atoms with Crippen molar-refractivity contribution < 1.29 is 4.79 Å². The molecule has 0 aliphatic heterocycles. The maximum Gasteiger partial charge on any atom is 0.251 e. The minimum atomic E-state index is 0.0180. The van der Waals surface area contributed by atoms with Gasteiger partial charge < -0.3 is 11.1 Å². The first-order valence-electron chi connectivity index (χ1n) is 8.92. The minimum Gasteiger partial charge on any atom is -0.399 e. The molecule has 0 bridgehead atoms. The Hall–Kier alpha value is -1.51. The Kier molecular flexibility index (Phi) is 7.27. The molecule has 0 unspecified atom stereocenters. The van der Waals surface area contributed by atoms with Crippen molar-refractivity contribution in [2.45, 2.75) is 76.7 Å². The lowest BCUT2D eigenvalue weighted by molar-refractivity contribution is 0.0931. The molecule has 2 rings (SSSR count). The van der Waals surface area contributed by atoms with Gasteiger partial charge in [-0.05, 0) is 31.0 Å². The molecule has 1 aromatic carbocycles. The number of rotatable bonds is 2. The standard InChI is InChI=1S/C19H30N2O/c20-17-12-10-11-16(15-17)19(22)21-18-13-8-6-4-2-1-3-5-7-9-14-18/h10-12,15,18H,1-9,13-14,20H2,(H,21,22). The van der Waals surface area contributed by atoms with Gasteiger partial charge in [-0.25, -0.2) is 0 Å². The Labute approximate surface area is 134 Å². The lowest BCUT2D eigenvalue weighted by atomic mass is 9.97. The van der Waals surface area contributed by atoms with Gasteiger partial charge >= 0.3 is 0 Å². The van der Waals surface area contributed by atoms with Gasteiger partial charge in [-0.15, -0.1) is 0 Å². The molecule has 0 heterocycles. The smallest absolute Gasteiger partial charge is 0.251 e. The van der Waals surface area contributed by atoms with Crippen LogP contribution in [0.2, 0.25) is 0 Å². The predicted octanol–water partition coefficient (Wildman–Crippen LogP) is 4.67. The number of nitrogens with one attached hydrogen (secondary N) is 1. The molecular weight excluding hydrogens is 272 g/mol. The third-order valence-corrected chi connectivity index (χ3v) is 4.59. The van der Waals surface area contributed by atoms with Gasteiger partial charge in [0, 0.05) is 17.3 Å². The highest BCUT2D eigenvalue weighted by molar-refractivity contribution is 5.95. The van der Waals surface area contributed by atoms with Crippen LogP contribution in [0.3, 0.4) is 0 Å². The van der Waals surface area contributed by atoms with Crippen molar-refractivity contribution in [1.82, 2.24) is 5.32 Å². The zero-order chi connectivity index (χ0) is 15.6. The molecular formula is C19H30N2O. The van der Waals surface area contributed by atoms with Gasteiger partial charge in [-0.1, -0.05) is 63.9 Å². The number of hydrogen-bond acceptors (Lipinski definition) is 2. The Bertz CT molecular complexity index is 447. The average molecular weight is 302 g/mol. The first kappa shape index (κ1) is 16.9. The molecule has 3 N–H and O–H groups in total. The lowest BCUT2D eigenvalue weighted by Crippen LogP contribution is -2.35. The number of carbonyl (C=O) groups is 1. The van der Waals surface area contributed by atoms with Crippen molar-refractivity contribution in [1.29, 1.82) is 0 Å². The summed E-state index contributed by atoms with van der Waals surface area (Å²) < 4.78 is 0. The molecule has 1 saturated carbocycles. The molecule has 1 aliphatic carbocycles.